The van der Waals surface area contributed by atoms with E-state index in [2.05, 4.69) is 16.9 Å². The first-order valence-corrected chi connectivity index (χ1v) is 6.35. The predicted molar refractivity (Wildman–Crippen MR) is 71.5 cm³/mol. The number of aliphatic imine (C=N–C) groups is 2. The highest BCUT2D eigenvalue weighted by Gasteiger charge is 1.90. The number of amidine groups is 1. The Bertz CT molecular complexity index is 287. The van der Waals surface area contributed by atoms with E-state index in [-0.39, 0.29) is 0 Å². The molecule has 1 aromatic rings. The number of nitrogens with zero attached hydrogens (tertiary/aromatic N) is 2. The minimum Gasteiger partial charge on any atom is -0.271 e. The molecular formula is C12H20N2S. The van der Waals surface area contributed by atoms with Crippen molar-refractivity contribution in [2.24, 2.45) is 9.98 Å². The highest BCUT2D eigenvalue weighted by atomic mass is 32.1. The van der Waals surface area contributed by atoms with E-state index in [0.717, 1.165) is 18.8 Å². The minimum atomic E-state index is 0.810. The SMILES string of the molecule is CC.CCN=C(CC)N=Cc1cccs1. The molecular weight excluding hydrogens is 204 g/mol. The molecule has 2 nitrogen and oxygen atoms in total. The van der Waals surface area contributed by atoms with Crippen LogP contribution in [0.5, 0.6) is 0 Å². The molecule has 3 heteroatoms. The molecule has 0 N–H and O–H groups in total. The zero-order chi connectivity index (χ0) is 11.5. The van der Waals surface area contributed by atoms with Gasteiger partial charge >= 0.3 is 0 Å². The van der Waals surface area contributed by atoms with Gasteiger partial charge in [-0.25, -0.2) is 4.99 Å². The second kappa shape index (κ2) is 9.59. The van der Waals surface area contributed by atoms with Crippen LogP contribution < -0.4 is 0 Å². The quantitative estimate of drug-likeness (QED) is 0.547. The molecule has 0 aliphatic carbocycles. The molecule has 1 aromatic heterocycles. The lowest BCUT2D eigenvalue weighted by molar-refractivity contribution is 1.09. The average molecular weight is 224 g/mol. The molecule has 0 unspecified atom stereocenters. The van der Waals surface area contributed by atoms with Crippen LogP contribution in [0.15, 0.2) is 27.5 Å². The second-order valence-corrected chi connectivity index (χ2v) is 3.50. The van der Waals surface area contributed by atoms with Crippen LogP contribution in [-0.2, 0) is 0 Å². The third kappa shape index (κ3) is 6.18. The Morgan fingerprint density at radius 2 is 2.13 bits per heavy atom. The van der Waals surface area contributed by atoms with Crippen LogP contribution in [0, 0.1) is 0 Å². The molecule has 0 aliphatic rings. The summed E-state index contributed by atoms with van der Waals surface area (Å²) in [6, 6.07) is 4.07. The molecule has 0 radical (unpaired) electrons. The summed E-state index contributed by atoms with van der Waals surface area (Å²) in [6.45, 7) is 8.90. The van der Waals surface area contributed by atoms with Crippen LogP contribution in [0.4, 0.5) is 0 Å². The average Bonchev–Trinajstić information content (AvgIpc) is 2.80. The van der Waals surface area contributed by atoms with Gasteiger partial charge in [0.2, 0.25) is 0 Å². The predicted octanol–water partition coefficient (Wildman–Crippen LogP) is 4.02. The number of hydrogen-bond donors (Lipinski definition) is 0. The van der Waals surface area contributed by atoms with Gasteiger partial charge in [0.05, 0.1) is 0 Å². The summed E-state index contributed by atoms with van der Waals surface area (Å²) in [5.41, 5.74) is 0. The van der Waals surface area contributed by atoms with Crippen molar-refractivity contribution >= 4 is 23.4 Å². The summed E-state index contributed by atoms with van der Waals surface area (Å²) in [7, 11) is 0. The molecule has 0 aliphatic heterocycles. The monoisotopic (exact) mass is 224 g/mol. The van der Waals surface area contributed by atoms with Crippen LogP contribution in [0.25, 0.3) is 0 Å². The third-order valence-electron chi connectivity index (χ3n) is 1.54. The summed E-state index contributed by atoms with van der Waals surface area (Å²) < 4.78 is 0. The highest BCUT2D eigenvalue weighted by Crippen LogP contribution is 2.05. The van der Waals surface area contributed by atoms with Gasteiger partial charge < -0.3 is 0 Å². The number of hydrogen-bond acceptors (Lipinski definition) is 2. The van der Waals surface area contributed by atoms with Gasteiger partial charge in [-0.2, -0.15) is 0 Å². The Morgan fingerprint density at radius 3 is 2.60 bits per heavy atom. The van der Waals surface area contributed by atoms with Crippen molar-refractivity contribution in [2.75, 3.05) is 6.54 Å². The maximum absolute atomic E-state index is 4.31. The first-order valence-electron chi connectivity index (χ1n) is 5.47. The fourth-order valence-corrected chi connectivity index (χ4v) is 1.51. The molecule has 0 aromatic carbocycles. The third-order valence-corrected chi connectivity index (χ3v) is 2.35. The zero-order valence-corrected chi connectivity index (χ0v) is 10.8. The topological polar surface area (TPSA) is 24.7 Å². The Kier molecular flexibility index (Phi) is 8.98. The van der Waals surface area contributed by atoms with Gasteiger partial charge in [-0.05, 0) is 18.4 Å². The summed E-state index contributed by atoms with van der Waals surface area (Å²) in [5.74, 6) is 0.927. The van der Waals surface area contributed by atoms with Crippen LogP contribution in [-0.4, -0.2) is 18.6 Å². The normalized spacial score (nSPS) is 11.3. The second-order valence-electron chi connectivity index (χ2n) is 2.52. The fourth-order valence-electron chi connectivity index (χ4n) is 0.929. The van der Waals surface area contributed by atoms with Gasteiger partial charge in [-0.3, -0.25) is 4.99 Å². The van der Waals surface area contributed by atoms with E-state index in [1.165, 1.54) is 4.88 Å². The summed E-state index contributed by atoms with van der Waals surface area (Å²) >= 11 is 1.69. The standard InChI is InChI=1S/C10H14N2S.C2H6/c1-3-10(11-4-2)12-8-9-6-5-7-13-9;1-2/h5-8H,3-4H2,1-2H3;1-2H3. The van der Waals surface area contributed by atoms with Crippen molar-refractivity contribution in [2.45, 2.75) is 34.1 Å². The summed E-state index contributed by atoms with van der Waals surface area (Å²) in [4.78, 5) is 9.75. The van der Waals surface area contributed by atoms with Gasteiger partial charge in [0.15, 0.2) is 0 Å². The Hall–Kier alpha value is -0.960. The van der Waals surface area contributed by atoms with E-state index in [1.807, 2.05) is 44.5 Å². The van der Waals surface area contributed by atoms with E-state index in [9.17, 15) is 0 Å². The minimum absolute atomic E-state index is 0.810. The van der Waals surface area contributed by atoms with Crippen LogP contribution in [0.1, 0.15) is 39.0 Å². The van der Waals surface area contributed by atoms with Crippen molar-refractivity contribution < 1.29 is 0 Å². The summed E-state index contributed by atoms with van der Waals surface area (Å²) in [5, 5.41) is 2.05. The smallest absolute Gasteiger partial charge is 0.122 e. The molecule has 1 heterocycles. The lowest BCUT2D eigenvalue weighted by Gasteiger charge is -1.93. The van der Waals surface area contributed by atoms with Crippen molar-refractivity contribution in [3.05, 3.63) is 22.4 Å². The van der Waals surface area contributed by atoms with Crippen molar-refractivity contribution in [3.63, 3.8) is 0 Å². The van der Waals surface area contributed by atoms with Crippen molar-refractivity contribution in [3.8, 4) is 0 Å². The zero-order valence-electron chi connectivity index (χ0n) is 10.0. The maximum Gasteiger partial charge on any atom is 0.122 e. The van der Waals surface area contributed by atoms with E-state index < -0.39 is 0 Å². The maximum atomic E-state index is 4.31. The Labute approximate surface area is 96.8 Å². The lowest BCUT2D eigenvalue weighted by atomic mass is 10.4. The molecule has 0 saturated heterocycles. The summed E-state index contributed by atoms with van der Waals surface area (Å²) in [6.07, 6.45) is 2.78. The van der Waals surface area contributed by atoms with E-state index in [4.69, 9.17) is 0 Å². The molecule has 0 amide bonds. The van der Waals surface area contributed by atoms with Gasteiger partial charge in [-0.15, -0.1) is 11.3 Å². The van der Waals surface area contributed by atoms with Gasteiger partial charge in [0, 0.05) is 24.1 Å². The van der Waals surface area contributed by atoms with E-state index in [0.29, 0.717) is 0 Å². The van der Waals surface area contributed by atoms with E-state index >= 15 is 0 Å². The Morgan fingerprint density at radius 1 is 1.40 bits per heavy atom. The van der Waals surface area contributed by atoms with Gasteiger partial charge in [-0.1, -0.05) is 26.8 Å². The number of rotatable bonds is 3. The largest absolute Gasteiger partial charge is 0.271 e. The molecule has 15 heavy (non-hydrogen) atoms. The molecule has 0 bridgehead atoms. The highest BCUT2D eigenvalue weighted by molar-refractivity contribution is 7.11. The first kappa shape index (κ1) is 14.0. The van der Waals surface area contributed by atoms with Crippen LogP contribution in [0.3, 0.4) is 0 Å². The first-order chi connectivity index (χ1) is 7.36. The molecule has 0 atom stereocenters. The molecule has 0 spiro atoms. The van der Waals surface area contributed by atoms with Crippen LogP contribution in [0.2, 0.25) is 0 Å². The van der Waals surface area contributed by atoms with Crippen molar-refractivity contribution in [1.29, 1.82) is 0 Å². The Balaban J connectivity index is 0.000000921. The van der Waals surface area contributed by atoms with E-state index in [1.54, 1.807) is 11.3 Å². The lowest BCUT2D eigenvalue weighted by Crippen LogP contribution is -1.92. The molecule has 84 valence electrons. The molecule has 0 fully saturated rings. The van der Waals surface area contributed by atoms with Gasteiger partial charge in [0.1, 0.15) is 5.84 Å². The fraction of sp³-hybridized carbons (Fsp3) is 0.500. The molecule has 1 rings (SSSR count). The number of thiophene rings is 1. The molecule has 0 saturated carbocycles. The van der Waals surface area contributed by atoms with Gasteiger partial charge in [0.25, 0.3) is 0 Å². The van der Waals surface area contributed by atoms with Crippen LogP contribution >= 0.6 is 11.3 Å². The van der Waals surface area contributed by atoms with Crippen molar-refractivity contribution in [1.82, 2.24) is 0 Å².